The van der Waals surface area contributed by atoms with Crippen molar-refractivity contribution in [2.24, 2.45) is 0 Å². The van der Waals surface area contributed by atoms with Crippen LogP contribution < -0.4 is 0 Å². The predicted octanol–water partition coefficient (Wildman–Crippen LogP) is 4.90. The van der Waals surface area contributed by atoms with Gasteiger partial charge in [-0.05, 0) is 6.04 Å². The van der Waals surface area contributed by atoms with Gasteiger partial charge >= 0.3 is 6.00 Å². The molecule has 0 atom stereocenters. The molecule has 0 aromatic heterocycles. The Morgan fingerprint density at radius 1 is 1.00 bits per heavy atom. The third kappa shape index (κ3) is 2.69. The van der Waals surface area contributed by atoms with Gasteiger partial charge in [0.1, 0.15) is 0 Å². The summed E-state index contributed by atoms with van der Waals surface area (Å²) >= 11 is 30.1. The molecule has 0 rings (SSSR count). The summed E-state index contributed by atoms with van der Waals surface area (Å²) < 4.78 is -0.511. The monoisotopic (exact) mass is 302 g/mol. The lowest BCUT2D eigenvalue weighted by atomic mass is 10.5. The van der Waals surface area contributed by atoms with Crippen LogP contribution in [0.1, 0.15) is 20.8 Å². The van der Waals surface area contributed by atoms with Gasteiger partial charge in [0.25, 0.3) is 6.69 Å². The third-order valence-electron chi connectivity index (χ3n) is 2.07. The van der Waals surface area contributed by atoms with E-state index >= 15 is 0 Å². The Kier molecular flexibility index (Phi) is 4.83. The molecule has 0 unspecified atom stereocenters. The Morgan fingerprint density at radius 2 is 1.33 bits per heavy atom. The van der Waals surface area contributed by atoms with Crippen LogP contribution in [0, 0.1) is 0 Å². The highest BCUT2D eigenvalue weighted by Gasteiger charge is 2.58. The maximum atomic E-state index is 6.18. The summed E-state index contributed by atoms with van der Waals surface area (Å²) in [7, 11) is 0. The van der Waals surface area contributed by atoms with Crippen LogP contribution in [-0.2, 0) is 0 Å². The topological polar surface area (TPSA) is 0 Å². The number of halogens is 5. The predicted molar refractivity (Wildman–Crippen MR) is 65.3 cm³/mol. The van der Waals surface area contributed by atoms with Crippen LogP contribution in [0.15, 0.2) is 0 Å². The molecule has 0 bridgehead atoms. The van der Waals surface area contributed by atoms with Gasteiger partial charge in [0.05, 0.1) is 0 Å². The first-order valence-corrected chi connectivity index (χ1v) is 12.8. The average molecular weight is 305 g/mol. The molecule has 0 saturated carbocycles. The molecule has 0 aromatic rings. The normalized spacial score (nSPS) is 15.0. The van der Waals surface area contributed by atoms with E-state index in [1.165, 1.54) is 0 Å². The zero-order chi connectivity index (χ0) is 10.2. The molecule has 0 heterocycles. The summed E-state index contributed by atoms with van der Waals surface area (Å²) in [6, 6.07) is -2.13. The first-order valence-electron chi connectivity index (χ1n) is 3.51. The van der Waals surface area contributed by atoms with E-state index in [-0.39, 0.29) is 0 Å². The minimum absolute atomic E-state index is 0.511. The molecule has 0 spiro atoms. The van der Waals surface area contributed by atoms with Gasteiger partial charge in [-0.15, -0.1) is 55.4 Å². The van der Waals surface area contributed by atoms with Crippen molar-refractivity contribution in [2.45, 2.75) is 31.5 Å². The Balaban J connectivity index is 4.85. The van der Waals surface area contributed by atoms with E-state index in [0.717, 1.165) is 0 Å². The van der Waals surface area contributed by atoms with Crippen LogP contribution in [0.5, 0.6) is 0 Å². The van der Waals surface area contributed by atoms with Crippen LogP contribution in [0.2, 0.25) is 10.7 Å². The summed E-state index contributed by atoms with van der Waals surface area (Å²) in [5.74, 6) is 0. The van der Waals surface area contributed by atoms with E-state index in [9.17, 15) is 0 Å². The molecule has 0 radical (unpaired) electrons. The van der Waals surface area contributed by atoms with E-state index in [0.29, 0.717) is 6.04 Å². The van der Waals surface area contributed by atoms with Crippen LogP contribution in [0.4, 0.5) is 0 Å². The van der Waals surface area contributed by atoms with E-state index in [4.69, 9.17) is 55.4 Å². The van der Waals surface area contributed by atoms with Crippen LogP contribution in [0.25, 0.3) is 0 Å². The minimum Gasteiger partial charge on any atom is -0.145 e. The van der Waals surface area contributed by atoms with Crippen LogP contribution in [-0.4, -0.2) is 12.7 Å². The SMILES string of the molecule is CC[Si](Cl)(Cl)C(C)(C)[Si](Cl)(Cl)Cl. The summed E-state index contributed by atoms with van der Waals surface area (Å²) in [6.45, 7) is 3.20. The molecule has 7 heteroatoms. The van der Waals surface area contributed by atoms with Crippen molar-refractivity contribution in [3.05, 3.63) is 0 Å². The Morgan fingerprint density at radius 3 is 1.42 bits per heavy atom. The fraction of sp³-hybridized carbons (Fsp3) is 1.00. The van der Waals surface area contributed by atoms with E-state index in [2.05, 4.69) is 0 Å². The van der Waals surface area contributed by atoms with Gasteiger partial charge in [-0.25, -0.2) is 0 Å². The maximum Gasteiger partial charge on any atom is 0.346 e. The first-order chi connectivity index (χ1) is 5.06. The highest BCUT2D eigenvalue weighted by molar-refractivity contribution is 7.70. The standard InChI is InChI=1S/C5H11Cl5Si2/c1-4-11(6,7)5(2,3)12(8,9)10/h4H2,1-3H3. The van der Waals surface area contributed by atoms with Crippen molar-refractivity contribution >= 4 is 68.1 Å². The summed E-state index contributed by atoms with van der Waals surface area (Å²) in [6.07, 6.45) is 0. The lowest BCUT2D eigenvalue weighted by Gasteiger charge is -2.38. The fourth-order valence-corrected chi connectivity index (χ4v) is 13.2. The summed E-state index contributed by atoms with van der Waals surface area (Å²) in [4.78, 5) is 0. The lowest BCUT2D eigenvalue weighted by Crippen LogP contribution is -2.45. The van der Waals surface area contributed by atoms with Gasteiger partial charge in [-0.3, -0.25) is 0 Å². The summed E-state index contributed by atoms with van der Waals surface area (Å²) in [5.41, 5.74) is 0. The second kappa shape index (κ2) is 4.17. The second-order valence-corrected chi connectivity index (χ2v) is 20.6. The van der Waals surface area contributed by atoms with Crippen molar-refractivity contribution < 1.29 is 0 Å². The quantitative estimate of drug-likeness (QED) is 0.514. The van der Waals surface area contributed by atoms with Gasteiger partial charge < -0.3 is 0 Å². The van der Waals surface area contributed by atoms with Gasteiger partial charge in [-0.2, -0.15) is 0 Å². The number of hydrogen-bond acceptors (Lipinski definition) is 0. The fourth-order valence-electron chi connectivity index (χ4n) is 0.649. The Labute approximate surface area is 99.0 Å². The molecule has 74 valence electrons. The van der Waals surface area contributed by atoms with E-state index < -0.39 is 17.4 Å². The van der Waals surface area contributed by atoms with Gasteiger partial charge in [0.2, 0.25) is 0 Å². The van der Waals surface area contributed by atoms with E-state index in [1.807, 2.05) is 20.8 Å². The maximum absolute atomic E-state index is 6.18. The number of hydrogen-bond donors (Lipinski definition) is 0. The van der Waals surface area contributed by atoms with Crippen molar-refractivity contribution in [1.29, 1.82) is 0 Å². The minimum atomic E-state index is -2.83. The molecule has 0 aromatic carbocycles. The van der Waals surface area contributed by atoms with E-state index in [1.54, 1.807) is 0 Å². The summed E-state index contributed by atoms with van der Waals surface area (Å²) in [5, 5.41) is 0. The van der Waals surface area contributed by atoms with Crippen molar-refractivity contribution in [1.82, 2.24) is 0 Å². The smallest absolute Gasteiger partial charge is 0.145 e. The highest BCUT2D eigenvalue weighted by atomic mass is 35.8. The van der Waals surface area contributed by atoms with Crippen molar-refractivity contribution in [2.75, 3.05) is 0 Å². The molecule has 0 N–H and O–H groups in total. The highest BCUT2D eigenvalue weighted by Crippen LogP contribution is 2.56. The molecule has 0 amide bonds. The lowest BCUT2D eigenvalue weighted by molar-refractivity contribution is 0.917. The Hall–Kier alpha value is 1.88. The second-order valence-electron chi connectivity index (χ2n) is 3.18. The largest absolute Gasteiger partial charge is 0.346 e. The zero-order valence-corrected chi connectivity index (χ0v) is 12.9. The molecular formula is C5H11Cl5Si2. The first kappa shape index (κ1) is 13.9. The third-order valence-corrected chi connectivity index (χ3v) is 19.7. The molecular weight excluding hydrogens is 293 g/mol. The molecule has 0 fully saturated rings. The van der Waals surface area contributed by atoms with Crippen molar-refractivity contribution in [3.63, 3.8) is 0 Å². The molecule has 0 aliphatic rings. The Bertz CT molecular complexity index is 162. The molecule has 0 saturated heterocycles. The molecule has 0 aliphatic carbocycles. The molecule has 0 aliphatic heterocycles. The van der Waals surface area contributed by atoms with Crippen LogP contribution in [0.3, 0.4) is 0 Å². The van der Waals surface area contributed by atoms with Gasteiger partial charge in [0, 0.05) is 4.66 Å². The van der Waals surface area contributed by atoms with Crippen molar-refractivity contribution in [3.8, 4) is 0 Å². The van der Waals surface area contributed by atoms with Crippen LogP contribution >= 0.6 is 55.4 Å². The number of rotatable bonds is 3. The average Bonchev–Trinajstić information content (AvgIpc) is 1.85. The molecule has 12 heavy (non-hydrogen) atoms. The van der Waals surface area contributed by atoms with Gasteiger partial charge in [-0.1, -0.05) is 20.8 Å². The molecule has 0 nitrogen and oxygen atoms in total. The zero-order valence-electron chi connectivity index (χ0n) is 7.10. The van der Waals surface area contributed by atoms with Gasteiger partial charge in [0.15, 0.2) is 0 Å².